The van der Waals surface area contributed by atoms with E-state index in [-0.39, 0.29) is 23.0 Å². The molecule has 10 aromatic rings. The molecule has 0 aliphatic heterocycles. The fourth-order valence-electron chi connectivity index (χ4n) is 7.77. The first-order valence-corrected chi connectivity index (χ1v) is 28.8. The number of hydrogen-bond donors (Lipinski definition) is 0. The standard InChI is InChI=1S/C10H14.3C9H12.3C7H6F2.3C7H7F/c1-7-5-8(2)10(4)9(3)6-7;1-7-4-8(2)6-9(3)5-7;1-7-4-5-8(2)9(3)6-7;1-7-5-4-6-8(2)9(7)3;1-5-2-6(8)4-7(9)3-5;1-5-2-3-6(8)4-7(5)9;1-5-6(8)3-2-4-7(5)9;1-6-2-4-7(8)5-3-6;1-6-3-2-4-7(8)5-6;1-6-4-2-3-5-7(6)8/h5-6H,1-4H3;3*4-6H,1-3H3;3*2-4H,1H3;3*2-5H,1H3. The molecule has 0 bridgehead atoms. The Morgan fingerprint density at radius 3 is 0.864 bits per heavy atom. The van der Waals surface area contributed by atoms with Gasteiger partial charge in [-0.25, -0.2) is 39.5 Å². The molecule has 0 nitrogen and oxygen atoms in total. The van der Waals surface area contributed by atoms with Gasteiger partial charge in [0, 0.05) is 17.7 Å². The minimum Gasteiger partial charge on any atom is -0.207 e. The van der Waals surface area contributed by atoms with Crippen LogP contribution in [-0.4, -0.2) is 0 Å². The molecule has 0 amide bonds. The van der Waals surface area contributed by atoms with E-state index in [2.05, 4.69) is 157 Å². The van der Waals surface area contributed by atoms with Gasteiger partial charge in [-0.05, 0) is 259 Å². The molecule has 88 heavy (non-hydrogen) atoms. The van der Waals surface area contributed by atoms with Crippen LogP contribution in [0.15, 0.2) is 194 Å². The molecule has 0 aliphatic rings. The SMILES string of the molecule is Cc1c(F)cccc1F.Cc1cc(C)c(C)c(C)c1.Cc1cc(C)cc(C)c1.Cc1cc(F)cc(F)c1.Cc1ccc(C)c(C)c1.Cc1ccc(F)cc1.Cc1ccc(F)cc1F.Cc1cccc(C)c1C.Cc1cccc(F)c1.Cc1ccccc1F. The van der Waals surface area contributed by atoms with E-state index >= 15 is 0 Å². The summed E-state index contributed by atoms with van der Waals surface area (Å²) in [5.41, 5.74) is 21.8. The van der Waals surface area contributed by atoms with Gasteiger partial charge in [0.25, 0.3) is 0 Å². The van der Waals surface area contributed by atoms with Gasteiger partial charge >= 0.3 is 0 Å². The molecule has 0 spiro atoms. The number of hydrogen-bond acceptors (Lipinski definition) is 0. The highest BCUT2D eigenvalue weighted by Gasteiger charge is 2.01. The summed E-state index contributed by atoms with van der Waals surface area (Å²) in [7, 11) is 0. The van der Waals surface area contributed by atoms with Crippen LogP contribution >= 0.6 is 0 Å². The van der Waals surface area contributed by atoms with Crippen LogP contribution in [0.25, 0.3) is 0 Å². The van der Waals surface area contributed by atoms with Crippen LogP contribution < -0.4 is 0 Å². The van der Waals surface area contributed by atoms with E-state index in [0.717, 1.165) is 23.3 Å². The average Bonchev–Trinajstić information content (AvgIpc) is 3.57. The Bertz CT molecular complexity index is 3300. The van der Waals surface area contributed by atoms with Gasteiger partial charge in [-0.3, -0.25) is 0 Å². The molecule has 0 aromatic heterocycles. The lowest BCUT2D eigenvalue weighted by Gasteiger charge is -2.04. The Labute approximate surface area is 520 Å². The maximum atomic E-state index is 12.3. The molecular weight excluding hydrogens is 1120 g/mol. The largest absolute Gasteiger partial charge is 0.207 e. The summed E-state index contributed by atoms with van der Waals surface area (Å²) in [4.78, 5) is 0. The summed E-state index contributed by atoms with van der Waals surface area (Å²) >= 11 is 0. The van der Waals surface area contributed by atoms with Crippen molar-refractivity contribution in [1.29, 1.82) is 0 Å². The Kier molecular flexibility index (Phi) is 36.0. The van der Waals surface area contributed by atoms with Gasteiger partial charge in [0.2, 0.25) is 0 Å². The smallest absolute Gasteiger partial charge is 0.129 e. The van der Waals surface area contributed by atoms with E-state index in [0.29, 0.717) is 16.7 Å². The van der Waals surface area contributed by atoms with Crippen molar-refractivity contribution in [2.45, 2.75) is 132 Å². The van der Waals surface area contributed by atoms with Crippen LogP contribution in [0, 0.1) is 184 Å². The highest BCUT2D eigenvalue weighted by atomic mass is 19.2. The van der Waals surface area contributed by atoms with Crippen LogP contribution in [0.3, 0.4) is 0 Å². The number of halogens is 9. The lowest BCUT2D eigenvalue weighted by Crippen LogP contribution is -1.86. The Hall–Kier alpha value is -8.43. The fraction of sp³-hybridized carbons (Fsp3) is 0.241. The van der Waals surface area contributed by atoms with Gasteiger partial charge in [0.15, 0.2) is 0 Å². The Balaban J connectivity index is 0.000000489. The fourth-order valence-corrected chi connectivity index (χ4v) is 7.77. The monoisotopic (exact) mass is 1210 g/mol. The summed E-state index contributed by atoms with van der Waals surface area (Å²) in [6, 6.07) is 54.2. The summed E-state index contributed by atoms with van der Waals surface area (Å²) in [5, 5.41) is 0. The molecule has 0 N–H and O–H groups in total. The molecule has 0 atom stereocenters. The van der Waals surface area contributed by atoms with E-state index < -0.39 is 34.9 Å². The van der Waals surface area contributed by atoms with Crippen molar-refractivity contribution in [3.05, 3.63) is 352 Å². The first kappa shape index (κ1) is 77.6. The van der Waals surface area contributed by atoms with Crippen LogP contribution in [0.2, 0.25) is 0 Å². The summed E-state index contributed by atoms with van der Waals surface area (Å²) in [6.07, 6.45) is 0. The third-order valence-corrected chi connectivity index (χ3v) is 13.4. The maximum Gasteiger partial charge on any atom is 0.129 e. The zero-order valence-corrected chi connectivity index (χ0v) is 54.9. The normalized spacial score (nSPS) is 9.59. The van der Waals surface area contributed by atoms with Crippen molar-refractivity contribution >= 4 is 0 Å². The first-order valence-electron chi connectivity index (χ1n) is 28.8. The quantitative estimate of drug-likeness (QED) is 0.133. The maximum absolute atomic E-state index is 12.3. The minimum atomic E-state index is -0.530. The molecule has 0 saturated heterocycles. The molecular formula is C79H89F9. The summed E-state index contributed by atoms with van der Waals surface area (Å²) < 4.78 is 110. The molecule has 9 heteroatoms. The van der Waals surface area contributed by atoms with E-state index in [1.807, 2.05) is 26.0 Å². The van der Waals surface area contributed by atoms with Gasteiger partial charge in [-0.15, -0.1) is 0 Å². The van der Waals surface area contributed by atoms with Crippen LogP contribution in [0.1, 0.15) is 106 Å². The molecule has 0 heterocycles. The lowest BCUT2D eigenvalue weighted by molar-refractivity contribution is 0.568. The molecule has 10 rings (SSSR count). The van der Waals surface area contributed by atoms with Crippen molar-refractivity contribution in [3.63, 3.8) is 0 Å². The second-order valence-corrected chi connectivity index (χ2v) is 21.8. The van der Waals surface area contributed by atoms with Gasteiger partial charge in [-0.2, -0.15) is 0 Å². The van der Waals surface area contributed by atoms with E-state index in [9.17, 15) is 39.5 Å². The van der Waals surface area contributed by atoms with E-state index in [1.54, 1.807) is 51.1 Å². The predicted octanol–water partition coefficient (Wildman–Crippen LogP) is 24.0. The predicted molar refractivity (Wildman–Crippen MR) is 354 cm³/mol. The number of benzene rings is 10. The second kappa shape index (κ2) is 40.9. The zero-order valence-electron chi connectivity index (χ0n) is 54.9. The number of aryl methyl sites for hydroxylation is 16. The summed E-state index contributed by atoms with van der Waals surface area (Å²) in [5.74, 6) is -3.51. The molecule has 10 aromatic carbocycles. The van der Waals surface area contributed by atoms with Crippen LogP contribution in [0.4, 0.5) is 39.5 Å². The van der Waals surface area contributed by atoms with E-state index in [4.69, 9.17) is 0 Å². The Morgan fingerprint density at radius 1 is 0.159 bits per heavy atom. The zero-order chi connectivity index (χ0) is 66.8. The van der Waals surface area contributed by atoms with Gasteiger partial charge in [-0.1, -0.05) is 155 Å². The minimum absolute atomic E-state index is 0.0810. The number of rotatable bonds is 0. The third kappa shape index (κ3) is 33.5. The first-order chi connectivity index (χ1) is 41.2. The molecule has 0 fully saturated rings. The van der Waals surface area contributed by atoms with Gasteiger partial charge in [0.1, 0.15) is 52.4 Å². The summed E-state index contributed by atoms with van der Waals surface area (Å²) in [6.45, 7) is 38.0. The molecule has 0 radical (unpaired) electrons. The molecule has 0 unspecified atom stereocenters. The second-order valence-electron chi connectivity index (χ2n) is 21.8. The van der Waals surface area contributed by atoms with Crippen molar-refractivity contribution in [3.8, 4) is 0 Å². The van der Waals surface area contributed by atoms with Crippen molar-refractivity contribution in [1.82, 2.24) is 0 Å². The van der Waals surface area contributed by atoms with Crippen molar-refractivity contribution < 1.29 is 39.5 Å². The highest BCUT2D eigenvalue weighted by molar-refractivity contribution is 5.36. The van der Waals surface area contributed by atoms with Crippen molar-refractivity contribution in [2.24, 2.45) is 0 Å². The van der Waals surface area contributed by atoms with Gasteiger partial charge < -0.3 is 0 Å². The Morgan fingerprint density at radius 2 is 0.500 bits per heavy atom. The molecule has 0 aliphatic carbocycles. The highest BCUT2D eigenvalue weighted by Crippen LogP contribution is 2.15. The topological polar surface area (TPSA) is 0 Å². The van der Waals surface area contributed by atoms with Crippen LogP contribution in [0.5, 0.6) is 0 Å². The lowest BCUT2D eigenvalue weighted by atomic mass is 10.0. The van der Waals surface area contributed by atoms with Crippen LogP contribution in [-0.2, 0) is 0 Å². The van der Waals surface area contributed by atoms with Crippen molar-refractivity contribution in [2.75, 3.05) is 0 Å². The molecule has 468 valence electrons. The third-order valence-electron chi connectivity index (χ3n) is 13.4. The van der Waals surface area contributed by atoms with Gasteiger partial charge in [0.05, 0.1) is 0 Å². The average molecular weight is 1210 g/mol. The molecule has 0 saturated carbocycles. The van der Waals surface area contributed by atoms with E-state index in [1.165, 1.54) is 152 Å².